The first kappa shape index (κ1) is 30.4. The van der Waals surface area contributed by atoms with Gasteiger partial charge < -0.3 is 14.5 Å². The molecule has 1 saturated carbocycles. The van der Waals surface area contributed by atoms with Gasteiger partial charge in [-0.25, -0.2) is 17.2 Å². The zero-order valence-electron chi connectivity index (χ0n) is 24.9. The molecule has 1 aliphatic carbocycles. The summed E-state index contributed by atoms with van der Waals surface area (Å²) in [5.74, 6) is -0.0409. The van der Waals surface area contributed by atoms with Crippen LogP contribution in [0.1, 0.15) is 41.1 Å². The maximum Gasteiger partial charge on any atom is 0.255 e. The van der Waals surface area contributed by atoms with Gasteiger partial charge >= 0.3 is 0 Å². The SMILES string of the molecule is COc1ccc(S(=O)(=O)N2CCN([C@H]3C[C@@H]3c3ccc(F)cc3)CC2)cc1N1[C@@H]2CC[C@H]1CN(C(=O)c1ccc(F)cc1Cl)C2. The van der Waals surface area contributed by atoms with Crippen LogP contribution in [0.25, 0.3) is 0 Å². The number of carbonyl (C=O) groups is 1. The van der Waals surface area contributed by atoms with E-state index < -0.39 is 15.8 Å². The highest BCUT2D eigenvalue weighted by atomic mass is 35.5. The van der Waals surface area contributed by atoms with Gasteiger partial charge in [0, 0.05) is 63.3 Å². The standard InChI is InChI=1S/C33H35ClF2N4O4S/c1-44-32-11-9-26(45(42,43)39-14-12-37(13-15-39)30-18-28(30)21-2-4-22(35)5-3-21)17-31(32)40-24-7-8-25(40)20-38(19-24)33(41)27-10-6-23(36)16-29(27)34/h2-6,9-11,16-17,24-25,28,30H,7-8,12-15,18-20H2,1H3/t24-,25+,28-,30+/m1/s1. The number of methoxy groups -OCH3 is 1. The molecule has 0 spiro atoms. The van der Waals surface area contributed by atoms with Gasteiger partial charge in [-0.1, -0.05) is 23.7 Å². The number of amides is 1. The summed E-state index contributed by atoms with van der Waals surface area (Å²) >= 11 is 6.19. The zero-order valence-corrected chi connectivity index (χ0v) is 26.5. The number of hydrogen-bond acceptors (Lipinski definition) is 6. The molecule has 4 aliphatic rings. The number of sulfonamides is 1. The number of rotatable bonds is 7. The third kappa shape index (κ3) is 5.68. The Labute approximate surface area is 267 Å². The van der Waals surface area contributed by atoms with Crippen molar-refractivity contribution in [2.45, 2.75) is 48.2 Å². The molecule has 45 heavy (non-hydrogen) atoms. The van der Waals surface area contributed by atoms with E-state index in [1.165, 1.54) is 24.3 Å². The van der Waals surface area contributed by atoms with Crippen LogP contribution in [0.3, 0.4) is 0 Å². The predicted octanol–water partition coefficient (Wildman–Crippen LogP) is 4.98. The second-order valence-electron chi connectivity index (χ2n) is 12.4. The van der Waals surface area contributed by atoms with Gasteiger partial charge in [0.05, 0.1) is 28.3 Å². The molecule has 3 heterocycles. The van der Waals surface area contributed by atoms with Crippen LogP contribution >= 0.6 is 11.6 Å². The lowest BCUT2D eigenvalue weighted by molar-refractivity contribution is 0.0718. The number of ether oxygens (including phenoxy) is 1. The van der Waals surface area contributed by atoms with Crippen molar-refractivity contribution in [3.63, 3.8) is 0 Å². The summed E-state index contributed by atoms with van der Waals surface area (Å²) in [6.07, 6.45) is 2.68. The highest BCUT2D eigenvalue weighted by Gasteiger charge is 2.45. The molecule has 3 aromatic rings. The molecular weight excluding hydrogens is 622 g/mol. The summed E-state index contributed by atoms with van der Waals surface area (Å²) in [5, 5.41) is 0.0833. The van der Waals surface area contributed by atoms with Crippen LogP contribution in [-0.2, 0) is 10.0 Å². The fourth-order valence-electron chi connectivity index (χ4n) is 7.41. The summed E-state index contributed by atoms with van der Waals surface area (Å²) in [6, 6.07) is 15.8. The Kier molecular flexibility index (Phi) is 8.00. The molecule has 4 fully saturated rings. The van der Waals surface area contributed by atoms with Crippen LogP contribution in [0, 0.1) is 11.6 Å². The van der Waals surface area contributed by atoms with Crippen molar-refractivity contribution in [3.8, 4) is 5.75 Å². The first-order valence-corrected chi connectivity index (χ1v) is 17.2. The van der Waals surface area contributed by atoms with Crippen LogP contribution in [0.2, 0.25) is 5.02 Å². The van der Waals surface area contributed by atoms with Crippen molar-refractivity contribution in [1.82, 2.24) is 14.1 Å². The number of fused-ring (bicyclic) bond motifs is 2. The highest BCUT2D eigenvalue weighted by Crippen LogP contribution is 2.45. The van der Waals surface area contributed by atoms with E-state index in [1.54, 1.807) is 34.5 Å². The van der Waals surface area contributed by atoms with E-state index in [1.807, 2.05) is 12.1 Å². The molecule has 238 valence electrons. The molecule has 4 atom stereocenters. The number of hydrogen-bond donors (Lipinski definition) is 0. The first-order chi connectivity index (χ1) is 21.6. The number of likely N-dealkylation sites (tertiary alicyclic amines) is 1. The van der Waals surface area contributed by atoms with Crippen LogP contribution in [0.5, 0.6) is 5.75 Å². The van der Waals surface area contributed by atoms with E-state index in [2.05, 4.69) is 9.80 Å². The van der Waals surface area contributed by atoms with Gasteiger partial charge in [-0.15, -0.1) is 0 Å². The smallest absolute Gasteiger partial charge is 0.255 e. The average molecular weight is 657 g/mol. The maximum absolute atomic E-state index is 13.9. The van der Waals surface area contributed by atoms with E-state index in [0.29, 0.717) is 62.7 Å². The lowest BCUT2D eigenvalue weighted by atomic mass is 10.1. The molecule has 3 aromatic carbocycles. The average Bonchev–Trinajstić information content (AvgIpc) is 3.79. The molecule has 3 saturated heterocycles. The quantitative estimate of drug-likeness (QED) is 0.357. The Balaban J connectivity index is 1.05. The molecule has 2 bridgehead atoms. The Morgan fingerprint density at radius 1 is 0.889 bits per heavy atom. The van der Waals surface area contributed by atoms with Crippen LogP contribution in [-0.4, -0.2) is 92.9 Å². The van der Waals surface area contributed by atoms with Gasteiger partial charge in [0.25, 0.3) is 5.91 Å². The first-order valence-electron chi connectivity index (χ1n) is 15.3. The van der Waals surface area contributed by atoms with Crippen LogP contribution in [0.4, 0.5) is 14.5 Å². The third-order valence-corrected chi connectivity index (χ3v) is 12.0. The van der Waals surface area contributed by atoms with Gasteiger partial charge in [-0.05, 0) is 73.4 Å². The van der Waals surface area contributed by atoms with E-state index in [-0.39, 0.29) is 39.3 Å². The predicted molar refractivity (Wildman–Crippen MR) is 167 cm³/mol. The summed E-state index contributed by atoms with van der Waals surface area (Å²) in [5.41, 5.74) is 2.10. The number of piperazine rings is 2. The van der Waals surface area contributed by atoms with E-state index in [9.17, 15) is 22.0 Å². The number of anilines is 1. The van der Waals surface area contributed by atoms with Crippen LogP contribution < -0.4 is 9.64 Å². The molecular formula is C33H35ClF2N4O4S. The highest BCUT2D eigenvalue weighted by molar-refractivity contribution is 7.89. The second kappa shape index (κ2) is 11.8. The van der Waals surface area contributed by atoms with Gasteiger partial charge in [-0.2, -0.15) is 4.31 Å². The van der Waals surface area contributed by atoms with Crippen molar-refractivity contribution in [2.75, 3.05) is 51.3 Å². The number of benzene rings is 3. The van der Waals surface area contributed by atoms with Crippen molar-refractivity contribution < 1.29 is 26.7 Å². The van der Waals surface area contributed by atoms with E-state index >= 15 is 0 Å². The third-order valence-electron chi connectivity index (χ3n) is 9.79. The summed E-state index contributed by atoms with van der Waals surface area (Å²) in [4.78, 5) is 19.8. The minimum Gasteiger partial charge on any atom is -0.495 e. The van der Waals surface area contributed by atoms with Gasteiger partial charge in [-0.3, -0.25) is 9.69 Å². The van der Waals surface area contributed by atoms with Crippen molar-refractivity contribution in [3.05, 3.63) is 88.4 Å². The molecule has 3 aliphatic heterocycles. The van der Waals surface area contributed by atoms with E-state index in [0.717, 1.165) is 30.9 Å². The molecule has 1 amide bonds. The summed E-state index contributed by atoms with van der Waals surface area (Å²) < 4.78 is 62.0. The molecule has 0 N–H and O–H groups in total. The number of carbonyl (C=O) groups excluding carboxylic acids is 1. The largest absolute Gasteiger partial charge is 0.495 e. The zero-order chi connectivity index (χ0) is 31.5. The molecule has 8 nitrogen and oxygen atoms in total. The monoisotopic (exact) mass is 656 g/mol. The summed E-state index contributed by atoms with van der Waals surface area (Å²) in [6.45, 7) is 2.95. The van der Waals surface area contributed by atoms with Crippen LogP contribution in [0.15, 0.2) is 65.6 Å². The Bertz CT molecular complexity index is 1700. The Morgan fingerprint density at radius 2 is 1.56 bits per heavy atom. The molecule has 0 aromatic heterocycles. The topological polar surface area (TPSA) is 73.4 Å². The second-order valence-corrected chi connectivity index (χ2v) is 14.7. The van der Waals surface area contributed by atoms with Gasteiger partial charge in [0.2, 0.25) is 10.0 Å². The lowest BCUT2D eigenvalue weighted by Gasteiger charge is -2.43. The lowest BCUT2D eigenvalue weighted by Crippen LogP contribution is -2.55. The number of nitrogens with zero attached hydrogens (tertiary/aromatic N) is 4. The summed E-state index contributed by atoms with van der Waals surface area (Å²) in [7, 11) is -2.19. The molecule has 0 radical (unpaired) electrons. The van der Waals surface area contributed by atoms with Crippen molar-refractivity contribution in [2.24, 2.45) is 0 Å². The fourth-order valence-corrected chi connectivity index (χ4v) is 9.10. The molecule has 0 unspecified atom stereocenters. The number of halogens is 3. The Hall–Kier alpha value is -3.25. The maximum atomic E-state index is 13.9. The normalized spacial score (nSPS) is 25.4. The minimum absolute atomic E-state index is 0.0325. The Morgan fingerprint density at radius 3 is 2.20 bits per heavy atom. The van der Waals surface area contributed by atoms with E-state index in [4.69, 9.17) is 16.3 Å². The van der Waals surface area contributed by atoms with Crippen molar-refractivity contribution >= 4 is 33.2 Å². The van der Waals surface area contributed by atoms with Gasteiger partial charge in [0.1, 0.15) is 17.4 Å². The molecule has 7 rings (SSSR count). The fraction of sp³-hybridized carbons (Fsp3) is 0.424. The van der Waals surface area contributed by atoms with Crippen molar-refractivity contribution in [1.29, 1.82) is 0 Å². The minimum atomic E-state index is -3.76. The molecule has 12 heteroatoms. The van der Waals surface area contributed by atoms with Gasteiger partial charge in [0.15, 0.2) is 0 Å².